The molecule has 0 heterocycles. The van der Waals surface area contributed by atoms with Crippen molar-refractivity contribution < 1.29 is 15.0 Å². The quantitative estimate of drug-likeness (QED) is 0.717. The molecule has 0 saturated carbocycles. The molecule has 0 saturated heterocycles. The predicted molar refractivity (Wildman–Crippen MR) is 70.8 cm³/mol. The summed E-state index contributed by atoms with van der Waals surface area (Å²) in [6.07, 6.45) is -0.196. The third-order valence-electron chi connectivity index (χ3n) is 2.94. The van der Waals surface area contributed by atoms with Gasteiger partial charge in [-0.2, -0.15) is 0 Å². The number of phenolic OH excluding ortho intramolecular Hbond substituents is 1. The molecule has 0 aliphatic rings. The zero-order valence-corrected chi connectivity index (χ0v) is 10.8. The van der Waals surface area contributed by atoms with Crippen LogP contribution in [-0.4, -0.2) is 29.3 Å². The van der Waals surface area contributed by atoms with Crippen molar-refractivity contribution in [2.24, 2.45) is 5.73 Å². The molecule has 0 aliphatic carbocycles. The molecule has 1 rings (SSSR count). The van der Waals surface area contributed by atoms with Gasteiger partial charge in [0.15, 0.2) is 0 Å². The third kappa shape index (κ3) is 3.37. The molecule has 0 bridgehead atoms. The van der Waals surface area contributed by atoms with E-state index < -0.39 is 12.0 Å². The Morgan fingerprint density at radius 1 is 1.39 bits per heavy atom. The first-order chi connectivity index (χ1) is 8.49. The number of carboxylic acid groups (broad SMARTS) is 1. The molecule has 1 atom stereocenters. The molecular weight excluding hydrogens is 232 g/mol. The normalized spacial score (nSPS) is 12.2. The molecule has 0 aliphatic heterocycles. The Bertz CT molecular complexity index is 417. The van der Waals surface area contributed by atoms with Gasteiger partial charge in [-0.05, 0) is 19.9 Å². The van der Waals surface area contributed by atoms with Crippen molar-refractivity contribution in [3.05, 3.63) is 23.8 Å². The fourth-order valence-corrected chi connectivity index (χ4v) is 1.93. The summed E-state index contributed by atoms with van der Waals surface area (Å²) >= 11 is 0. The third-order valence-corrected chi connectivity index (χ3v) is 2.94. The van der Waals surface area contributed by atoms with Gasteiger partial charge < -0.3 is 20.8 Å². The molecule has 0 fully saturated rings. The van der Waals surface area contributed by atoms with Gasteiger partial charge in [-0.25, -0.2) is 0 Å². The molecule has 1 aromatic rings. The standard InChI is InChI=1S/C13H20N2O3/c1-3-15(4-2)9-5-6-10(12(16)7-9)11(14)8-13(17)18/h5-7,11,16H,3-4,8,14H2,1-2H3,(H,17,18)/t11-/m0/s1. The first kappa shape index (κ1) is 14.3. The van der Waals surface area contributed by atoms with E-state index in [0.29, 0.717) is 5.56 Å². The summed E-state index contributed by atoms with van der Waals surface area (Å²) in [5.74, 6) is -0.928. The zero-order valence-electron chi connectivity index (χ0n) is 10.8. The zero-order chi connectivity index (χ0) is 13.7. The number of hydrogen-bond donors (Lipinski definition) is 3. The molecule has 18 heavy (non-hydrogen) atoms. The molecule has 4 N–H and O–H groups in total. The second kappa shape index (κ2) is 6.26. The van der Waals surface area contributed by atoms with E-state index in [-0.39, 0.29) is 12.2 Å². The number of rotatable bonds is 6. The van der Waals surface area contributed by atoms with Crippen LogP contribution in [0.4, 0.5) is 5.69 Å². The Morgan fingerprint density at radius 3 is 2.44 bits per heavy atom. The summed E-state index contributed by atoms with van der Waals surface area (Å²) in [5.41, 5.74) is 7.11. The highest BCUT2D eigenvalue weighted by atomic mass is 16.4. The van der Waals surface area contributed by atoms with Gasteiger partial charge in [0.05, 0.1) is 6.42 Å². The van der Waals surface area contributed by atoms with Crippen LogP contribution < -0.4 is 10.6 Å². The number of anilines is 1. The van der Waals surface area contributed by atoms with Gasteiger partial charge in [-0.15, -0.1) is 0 Å². The first-order valence-corrected chi connectivity index (χ1v) is 6.04. The molecule has 0 aromatic heterocycles. The average molecular weight is 252 g/mol. The van der Waals surface area contributed by atoms with Gasteiger partial charge in [-0.1, -0.05) is 6.07 Å². The van der Waals surface area contributed by atoms with E-state index in [9.17, 15) is 9.90 Å². The van der Waals surface area contributed by atoms with Crippen molar-refractivity contribution in [2.75, 3.05) is 18.0 Å². The van der Waals surface area contributed by atoms with Crippen molar-refractivity contribution in [3.63, 3.8) is 0 Å². The largest absolute Gasteiger partial charge is 0.508 e. The Hall–Kier alpha value is -1.75. The van der Waals surface area contributed by atoms with Crippen molar-refractivity contribution in [1.29, 1.82) is 0 Å². The Morgan fingerprint density at radius 2 is 2.00 bits per heavy atom. The molecule has 0 spiro atoms. The summed E-state index contributed by atoms with van der Waals surface area (Å²) in [6, 6.07) is 4.48. The fourth-order valence-electron chi connectivity index (χ4n) is 1.93. The lowest BCUT2D eigenvalue weighted by molar-refractivity contribution is -0.137. The van der Waals surface area contributed by atoms with E-state index in [4.69, 9.17) is 10.8 Å². The van der Waals surface area contributed by atoms with Gasteiger partial charge in [0, 0.05) is 36.4 Å². The van der Waals surface area contributed by atoms with Crippen LogP contribution in [0.2, 0.25) is 0 Å². The van der Waals surface area contributed by atoms with Gasteiger partial charge in [0.25, 0.3) is 0 Å². The minimum absolute atomic E-state index is 0.0492. The summed E-state index contributed by atoms with van der Waals surface area (Å²) in [5, 5.41) is 18.6. The summed E-state index contributed by atoms with van der Waals surface area (Å²) < 4.78 is 0. The fraction of sp³-hybridized carbons (Fsp3) is 0.462. The summed E-state index contributed by atoms with van der Waals surface area (Å²) in [7, 11) is 0. The van der Waals surface area contributed by atoms with Crippen LogP contribution in [0.5, 0.6) is 5.75 Å². The average Bonchev–Trinajstić information content (AvgIpc) is 2.29. The predicted octanol–water partition coefficient (Wildman–Crippen LogP) is 1.71. The van der Waals surface area contributed by atoms with Crippen LogP contribution in [0.3, 0.4) is 0 Å². The minimum atomic E-state index is -0.977. The second-order valence-corrected chi connectivity index (χ2v) is 4.12. The first-order valence-electron chi connectivity index (χ1n) is 6.04. The van der Waals surface area contributed by atoms with Crippen LogP contribution in [0.1, 0.15) is 31.9 Å². The molecule has 0 unspecified atom stereocenters. The number of nitrogens with zero attached hydrogens (tertiary/aromatic N) is 1. The van der Waals surface area contributed by atoms with Crippen LogP contribution in [-0.2, 0) is 4.79 Å². The number of hydrogen-bond acceptors (Lipinski definition) is 4. The highest BCUT2D eigenvalue weighted by molar-refractivity contribution is 5.68. The second-order valence-electron chi connectivity index (χ2n) is 4.12. The van der Waals surface area contributed by atoms with E-state index in [0.717, 1.165) is 18.8 Å². The Kier molecular flexibility index (Phi) is 4.97. The molecule has 0 radical (unpaired) electrons. The van der Waals surface area contributed by atoms with E-state index in [1.54, 1.807) is 12.1 Å². The number of carbonyl (C=O) groups is 1. The maximum Gasteiger partial charge on any atom is 0.305 e. The maximum absolute atomic E-state index is 10.6. The minimum Gasteiger partial charge on any atom is -0.508 e. The van der Waals surface area contributed by atoms with E-state index in [1.165, 1.54) is 0 Å². The number of benzene rings is 1. The van der Waals surface area contributed by atoms with Gasteiger partial charge in [-0.3, -0.25) is 4.79 Å². The van der Waals surface area contributed by atoms with Crippen LogP contribution in [0, 0.1) is 0 Å². The highest BCUT2D eigenvalue weighted by Crippen LogP contribution is 2.29. The smallest absolute Gasteiger partial charge is 0.305 e. The molecule has 5 nitrogen and oxygen atoms in total. The van der Waals surface area contributed by atoms with Crippen molar-refractivity contribution in [1.82, 2.24) is 0 Å². The van der Waals surface area contributed by atoms with E-state index >= 15 is 0 Å². The highest BCUT2D eigenvalue weighted by Gasteiger charge is 2.15. The van der Waals surface area contributed by atoms with Crippen molar-refractivity contribution >= 4 is 11.7 Å². The number of aromatic hydroxyl groups is 1. The lowest BCUT2D eigenvalue weighted by Crippen LogP contribution is -2.22. The summed E-state index contributed by atoms with van der Waals surface area (Å²) in [4.78, 5) is 12.7. The van der Waals surface area contributed by atoms with Crippen molar-refractivity contribution in [3.8, 4) is 5.75 Å². The molecule has 5 heteroatoms. The lowest BCUT2D eigenvalue weighted by Gasteiger charge is -2.22. The Balaban J connectivity index is 2.95. The monoisotopic (exact) mass is 252 g/mol. The molecule has 100 valence electrons. The summed E-state index contributed by atoms with van der Waals surface area (Å²) in [6.45, 7) is 5.75. The molecule has 1 aromatic carbocycles. The van der Waals surface area contributed by atoms with E-state index in [2.05, 4.69) is 4.90 Å². The van der Waals surface area contributed by atoms with Crippen molar-refractivity contribution in [2.45, 2.75) is 26.3 Å². The number of phenols is 1. The van der Waals surface area contributed by atoms with E-state index in [1.807, 2.05) is 19.9 Å². The molecule has 0 amide bonds. The van der Waals surface area contributed by atoms with Crippen LogP contribution in [0.15, 0.2) is 18.2 Å². The van der Waals surface area contributed by atoms with Gasteiger partial charge >= 0.3 is 5.97 Å². The number of carboxylic acids is 1. The molecular formula is C13H20N2O3. The Labute approximate surface area is 107 Å². The maximum atomic E-state index is 10.6. The number of aliphatic carboxylic acids is 1. The topological polar surface area (TPSA) is 86.8 Å². The number of nitrogens with two attached hydrogens (primary N) is 1. The SMILES string of the molecule is CCN(CC)c1ccc([C@@H](N)CC(=O)O)c(O)c1. The van der Waals surface area contributed by atoms with Crippen LogP contribution >= 0.6 is 0 Å². The van der Waals surface area contributed by atoms with Gasteiger partial charge in [0.2, 0.25) is 0 Å². The van der Waals surface area contributed by atoms with Gasteiger partial charge in [0.1, 0.15) is 5.75 Å². The van der Waals surface area contributed by atoms with Crippen LogP contribution in [0.25, 0.3) is 0 Å². The lowest BCUT2D eigenvalue weighted by atomic mass is 10.0.